The summed E-state index contributed by atoms with van der Waals surface area (Å²) in [5.74, 6) is 2.12. The van der Waals surface area contributed by atoms with E-state index in [1.807, 2.05) is 60.1 Å². The van der Waals surface area contributed by atoms with Crippen molar-refractivity contribution in [2.75, 3.05) is 20.8 Å². The highest BCUT2D eigenvalue weighted by Gasteiger charge is 2.17. The highest BCUT2D eigenvalue weighted by molar-refractivity contribution is 5.85. The SMILES string of the molecule is COc1ccc(CCN(Cc2cc3c(C)ccc(C)c3[nH]c2=O)Cc2nnnn2Cc2ccccc2)cc1OC. The van der Waals surface area contributed by atoms with Gasteiger partial charge in [0.05, 0.1) is 32.8 Å². The van der Waals surface area contributed by atoms with Gasteiger partial charge in [-0.25, -0.2) is 4.68 Å². The van der Waals surface area contributed by atoms with E-state index >= 15 is 0 Å². The minimum Gasteiger partial charge on any atom is -0.493 e. The van der Waals surface area contributed by atoms with E-state index in [9.17, 15) is 4.79 Å². The van der Waals surface area contributed by atoms with Gasteiger partial charge in [-0.1, -0.05) is 48.5 Å². The van der Waals surface area contributed by atoms with Crippen LogP contribution in [0.1, 0.15) is 33.6 Å². The molecule has 5 rings (SSSR count). The maximum atomic E-state index is 13.2. The fourth-order valence-corrected chi connectivity index (χ4v) is 4.93. The summed E-state index contributed by atoms with van der Waals surface area (Å²) in [6, 6.07) is 22.2. The van der Waals surface area contributed by atoms with Crippen LogP contribution in [0.4, 0.5) is 0 Å². The summed E-state index contributed by atoms with van der Waals surface area (Å²) < 4.78 is 12.7. The standard InChI is InChI=1S/C31H34N6O3/c1-21-10-11-22(2)30-26(21)17-25(31(38)32-30)19-36(15-14-23-12-13-27(39-3)28(16-23)40-4)20-29-33-34-35-37(29)18-24-8-6-5-7-9-24/h5-13,16-17H,14-15,18-20H2,1-4H3,(H,32,38). The predicted octanol–water partition coefficient (Wildman–Crippen LogP) is 4.44. The summed E-state index contributed by atoms with van der Waals surface area (Å²) in [7, 11) is 3.26. The molecule has 0 amide bonds. The highest BCUT2D eigenvalue weighted by Crippen LogP contribution is 2.28. The number of benzene rings is 3. The second-order valence-corrected chi connectivity index (χ2v) is 10.0. The van der Waals surface area contributed by atoms with Crippen LogP contribution in [0, 0.1) is 13.8 Å². The molecule has 40 heavy (non-hydrogen) atoms. The third-order valence-electron chi connectivity index (χ3n) is 7.23. The van der Waals surface area contributed by atoms with E-state index in [1.165, 1.54) is 0 Å². The molecule has 2 heterocycles. The maximum absolute atomic E-state index is 13.2. The topological polar surface area (TPSA) is 98.2 Å². The van der Waals surface area contributed by atoms with Crippen LogP contribution in [0.15, 0.2) is 71.5 Å². The first-order valence-corrected chi connectivity index (χ1v) is 13.3. The highest BCUT2D eigenvalue weighted by atomic mass is 16.5. The largest absolute Gasteiger partial charge is 0.493 e. The molecule has 0 aliphatic carbocycles. The summed E-state index contributed by atoms with van der Waals surface area (Å²) in [6.45, 7) is 6.26. The molecule has 3 aromatic carbocycles. The molecule has 0 atom stereocenters. The molecular weight excluding hydrogens is 504 g/mol. The van der Waals surface area contributed by atoms with E-state index < -0.39 is 0 Å². The molecule has 0 aliphatic rings. The minimum absolute atomic E-state index is 0.0822. The van der Waals surface area contributed by atoms with Gasteiger partial charge in [-0.2, -0.15) is 0 Å². The molecule has 0 unspecified atom stereocenters. The molecule has 0 saturated carbocycles. The quantitative estimate of drug-likeness (QED) is 0.265. The fraction of sp³-hybridized carbons (Fsp3) is 0.290. The van der Waals surface area contributed by atoms with E-state index in [2.05, 4.69) is 50.5 Å². The van der Waals surface area contributed by atoms with Gasteiger partial charge >= 0.3 is 0 Å². The molecule has 1 N–H and O–H groups in total. The zero-order valence-corrected chi connectivity index (χ0v) is 23.3. The van der Waals surface area contributed by atoms with Gasteiger partial charge < -0.3 is 14.5 Å². The maximum Gasteiger partial charge on any atom is 0.252 e. The second-order valence-electron chi connectivity index (χ2n) is 10.0. The number of pyridine rings is 1. The Hall–Kier alpha value is -4.50. The van der Waals surface area contributed by atoms with Gasteiger partial charge in [-0.05, 0) is 71.1 Å². The smallest absolute Gasteiger partial charge is 0.252 e. The fourth-order valence-electron chi connectivity index (χ4n) is 4.93. The van der Waals surface area contributed by atoms with E-state index in [0.717, 1.165) is 45.4 Å². The van der Waals surface area contributed by atoms with Crippen molar-refractivity contribution in [1.82, 2.24) is 30.1 Å². The molecule has 9 nitrogen and oxygen atoms in total. The second kappa shape index (κ2) is 12.1. The number of tetrazole rings is 1. The molecule has 0 saturated heterocycles. The lowest BCUT2D eigenvalue weighted by molar-refractivity contribution is 0.247. The Balaban J connectivity index is 1.44. The van der Waals surface area contributed by atoms with Crippen molar-refractivity contribution in [2.24, 2.45) is 0 Å². The average molecular weight is 539 g/mol. The van der Waals surface area contributed by atoms with Crippen molar-refractivity contribution in [3.8, 4) is 11.5 Å². The van der Waals surface area contributed by atoms with Crippen LogP contribution in [0.2, 0.25) is 0 Å². The van der Waals surface area contributed by atoms with Crippen LogP contribution in [-0.4, -0.2) is 50.9 Å². The number of aromatic amines is 1. The van der Waals surface area contributed by atoms with Gasteiger partial charge in [-0.3, -0.25) is 9.69 Å². The van der Waals surface area contributed by atoms with Gasteiger partial charge in [0.25, 0.3) is 5.56 Å². The van der Waals surface area contributed by atoms with E-state index in [0.29, 0.717) is 43.2 Å². The summed E-state index contributed by atoms with van der Waals surface area (Å²) in [5.41, 5.74) is 5.90. The molecule has 0 fully saturated rings. The zero-order chi connectivity index (χ0) is 28.1. The Morgan fingerprint density at radius 3 is 2.42 bits per heavy atom. The molecule has 2 aromatic heterocycles. The number of nitrogens with zero attached hydrogens (tertiary/aromatic N) is 5. The van der Waals surface area contributed by atoms with Crippen molar-refractivity contribution in [3.63, 3.8) is 0 Å². The van der Waals surface area contributed by atoms with Crippen LogP contribution in [0.5, 0.6) is 11.5 Å². The Morgan fingerprint density at radius 1 is 0.875 bits per heavy atom. The Kier molecular flexibility index (Phi) is 8.21. The number of rotatable bonds is 11. The molecule has 5 aromatic rings. The van der Waals surface area contributed by atoms with E-state index in [-0.39, 0.29) is 5.56 Å². The molecule has 0 spiro atoms. The lowest BCUT2D eigenvalue weighted by Crippen LogP contribution is -2.30. The van der Waals surface area contributed by atoms with Crippen LogP contribution < -0.4 is 15.0 Å². The number of nitrogens with one attached hydrogen (secondary N) is 1. The molecule has 0 aliphatic heterocycles. The van der Waals surface area contributed by atoms with Crippen molar-refractivity contribution < 1.29 is 9.47 Å². The van der Waals surface area contributed by atoms with Crippen LogP contribution in [0.25, 0.3) is 10.9 Å². The third kappa shape index (κ3) is 6.05. The van der Waals surface area contributed by atoms with Crippen molar-refractivity contribution in [1.29, 1.82) is 0 Å². The first kappa shape index (κ1) is 27.1. The predicted molar refractivity (Wildman–Crippen MR) is 155 cm³/mol. The summed E-state index contributed by atoms with van der Waals surface area (Å²) in [5, 5.41) is 13.6. The van der Waals surface area contributed by atoms with Crippen LogP contribution in [0.3, 0.4) is 0 Å². The lowest BCUT2D eigenvalue weighted by Gasteiger charge is -2.22. The number of methoxy groups -OCH3 is 2. The van der Waals surface area contributed by atoms with Crippen molar-refractivity contribution in [3.05, 3.63) is 111 Å². The number of fused-ring (bicyclic) bond motifs is 1. The van der Waals surface area contributed by atoms with E-state index in [1.54, 1.807) is 14.2 Å². The van der Waals surface area contributed by atoms with Gasteiger partial charge in [0.1, 0.15) is 0 Å². The Morgan fingerprint density at radius 2 is 1.65 bits per heavy atom. The summed E-state index contributed by atoms with van der Waals surface area (Å²) >= 11 is 0. The van der Waals surface area contributed by atoms with Gasteiger partial charge in [0.15, 0.2) is 17.3 Å². The third-order valence-corrected chi connectivity index (χ3v) is 7.23. The first-order valence-electron chi connectivity index (χ1n) is 13.3. The van der Waals surface area contributed by atoms with Crippen LogP contribution >= 0.6 is 0 Å². The Labute approximate surface area is 233 Å². The van der Waals surface area contributed by atoms with Crippen molar-refractivity contribution in [2.45, 2.75) is 39.9 Å². The number of aryl methyl sites for hydroxylation is 2. The molecule has 0 radical (unpaired) electrons. The minimum atomic E-state index is -0.0822. The molecule has 206 valence electrons. The number of hydrogen-bond donors (Lipinski definition) is 1. The summed E-state index contributed by atoms with van der Waals surface area (Å²) in [6.07, 6.45) is 0.740. The monoisotopic (exact) mass is 538 g/mol. The zero-order valence-electron chi connectivity index (χ0n) is 23.3. The number of aromatic nitrogens is 5. The van der Waals surface area contributed by atoms with Gasteiger partial charge in [-0.15, -0.1) is 5.10 Å². The van der Waals surface area contributed by atoms with E-state index in [4.69, 9.17) is 9.47 Å². The van der Waals surface area contributed by atoms with Gasteiger partial charge in [0.2, 0.25) is 0 Å². The molecular formula is C31H34N6O3. The molecule has 0 bridgehead atoms. The molecule has 9 heteroatoms. The van der Waals surface area contributed by atoms with Crippen LogP contribution in [-0.2, 0) is 26.1 Å². The van der Waals surface area contributed by atoms with Gasteiger partial charge in [0, 0.05) is 24.0 Å². The first-order chi connectivity index (χ1) is 19.4. The number of hydrogen-bond acceptors (Lipinski definition) is 7. The number of H-pyrrole nitrogens is 1. The lowest BCUT2D eigenvalue weighted by atomic mass is 10.0. The van der Waals surface area contributed by atoms with Crippen molar-refractivity contribution >= 4 is 10.9 Å². The number of ether oxygens (including phenoxy) is 2. The Bertz CT molecular complexity index is 1660. The summed E-state index contributed by atoms with van der Waals surface area (Å²) in [4.78, 5) is 18.5. The normalized spacial score (nSPS) is 11.3. The average Bonchev–Trinajstić information content (AvgIpc) is 3.40.